The monoisotopic (exact) mass is 229 g/mol. The van der Waals surface area contributed by atoms with E-state index in [2.05, 4.69) is 0 Å². The van der Waals surface area contributed by atoms with E-state index < -0.39 is 5.60 Å². The molecular weight excluding hydrogens is 202 g/mol. The van der Waals surface area contributed by atoms with Gasteiger partial charge in [0.1, 0.15) is 0 Å². The van der Waals surface area contributed by atoms with Crippen molar-refractivity contribution in [1.29, 1.82) is 0 Å². The van der Waals surface area contributed by atoms with Crippen molar-refractivity contribution in [1.82, 2.24) is 0 Å². The van der Waals surface area contributed by atoms with Crippen LogP contribution >= 0.6 is 0 Å². The summed E-state index contributed by atoms with van der Waals surface area (Å²) < 4.78 is 5.57. The summed E-state index contributed by atoms with van der Waals surface area (Å²) in [5.74, 6) is 0. The van der Waals surface area contributed by atoms with Crippen molar-refractivity contribution in [2.24, 2.45) is 11.1 Å². The molecule has 2 atom stereocenters. The Morgan fingerprint density at radius 3 is 2.50 bits per heavy atom. The minimum Gasteiger partial charge on any atom is -0.388 e. The predicted molar refractivity (Wildman–Crippen MR) is 66.3 cm³/mol. The fourth-order valence-corrected chi connectivity index (χ4v) is 2.28. The minimum atomic E-state index is -0.744. The summed E-state index contributed by atoms with van der Waals surface area (Å²) in [6.45, 7) is 7.39. The molecule has 0 amide bonds. The zero-order chi connectivity index (χ0) is 12.2. The highest BCUT2D eigenvalue weighted by Crippen LogP contribution is 2.34. The van der Waals surface area contributed by atoms with E-state index in [1.54, 1.807) is 0 Å². The topological polar surface area (TPSA) is 55.5 Å². The summed E-state index contributed by atoms with van der Waals surface area (Å²) in [6.07, 6.45) is 5.60. The van der Waals surface area contributed by atoms with Crippen LogP contribution in [-0.2, 0) is 4.74 Å². The Morgan fingerprint density at radius 1 is 1.38 bits per heavy atom. The Balaban J connectivity index is 2.33. The van der Waals surface area contributed by atoms with Gasteiger partial charge >= 0.3 is 0 Å². The lowest BCUT2D eigenvalue weighted by atomic mass is 9.73. The first-order chi connectivity index (χ1) is 7.39. The molecule has 1 fully saturated rings. The third-order valence-corrected chi connectivity index (χ3v) is 3.87. The first-order valence-electron chi connectivity index (χ1n) is 6.43. The van der Waals surface area contributed by atoms with Crippen LogP contribution in [0.25, 0.3) is 0 Å². The molecule has 0 saturated carbocycles. The van der Waals surface area contributed by atoms with Gasteiger partial charge in [-0.25, -0.2) is 0 Å². The molecular formula is C13H27NO2. The molecule has 3 N–H and O–H groups in total. The van der Waals surface area contributed by atoms with Gasteiger partial charge in [0.05, 0.1) is 11.7 Å². The van der Waals surface area contributed by atoms with E-state index in [4.69, 9.17) is 10.5 Å². The largest absolute Gasteiger partial charge is 0.388 e. The molecule has 0 spiro atoms. The van der Waals surface area contributed by atoms with Gasteiger partial charge in [-0.2, -0.15) is 0 Å². The number of aliphatic hydroxyl groups is 1. The third kappa shape index (κ3) is 3.44. The number of nitrogens with two attached hydrogens (primary N) is 1. The predicted octanol–water partition coefficient (Wildman–Crippen LogP) is 2.07. The molecule has 3 heteroatoms. The van der Waals surface area contributed by atoms with Gasteiger partial charge < -0.3 is 15.6 Å². The molecule has 3 nitrogen and oxygen atoms in total. The fourth-order valence-electron chi connectivity index (χ4n) is 2.28. The molecule has 1 heterocycles. The van der Waals surface area contributed by atoms with E-state index in [1.165, 1.54) is 12.8 Å². The van der Waals surface area contributed by atoms with Crippen molar-refractivity contribution in [2.45, 2.75) is 64.6 Å². The van der Waals surface area contributed by atoms with E-state index in [0.29, 0.717) is 12.6 Å². The van der Waals surface area contributed by atoms with E-state index in [-0.39, 0.29) is 5.41 Å². The van der Waals surface area contributed by atoms with Crippen LogP contribution in [0, 0.1) is 5.41 Å². The van der Waals surface area contributed by atoms with Gasteiger partial charge in [0, 0.05) is 13.2 Å². The number of ether oxygens (including phenoxy) is 1. The zero-order valence-corrected chi connectivity index (χ0v) is 11.0. The molecule has 0 aliphatic carbocycles. The van der Waals surface area contributed by atoms with Crippen LogP contribution in [0.5, 0.6) is 0 Å². The Morgan fingerprint density at radius 2 is 2.06 bits per heavy atom. The van der Waals surface area contributed by atoms with E-state index >= 15 is 0 Å². The minimum absolute atomic E-state index is 0.154. The van der Waals surface area contributed by atoms with Gasteiger partial charge in [-0.1, -0.05) is 20.8 Å². The summed E-state index contributed by atoms with van der Waals surface area (Å²) in [7, 11) is 0. The van der Waals surface area contributed by atoms with Crippen LogP contribution in [0.1, 0.15) is 52.9 Å². The molecule has 0 aromatic rings. The van der Waals surface area contributed by atoms with E-state index in [0.717, 1.165) is 25.9 Å². The second-order valence-corrected chi connectivity index (χ2v) is 6.01. The highest BCUT2D eigenvalue weighted by Gasteiger charge is 2.38. The van der Waals surface area contributed by atoms with Gasteiger partial charge in [0.15, 0.2) is 0 Å². The smallest absolute Gasteiger partial charge is 0.0817 e. The number of hydrogen-bond acceptors (Lipinski definition) is 3. The van der Waals surface area contributed by atoms with Crippen LogP contribution in [0.3, 0.4) is 0 Å². The van der Waals surface area contributed by atoms with Crippen LogP contribution in [0.2, 0.25) is 0 Å². The number of rotatable bonds is 5. The highest BCUT2D eigenvalue weighted by molar-refractivity contribution is 4.91. The standard InChI is InChI=1S/C13H27NO2/c1-12(2,3)13(15,10-14)8-4-6-11-7-5-9-16-11/h11,15H,4-10,14H2,1-3H3. The molecule has 1 aliphatic heterocycles. The molecule has 0 radical (unpaired) electrons. The fraction of sp³-hybridized carbons (Fsp3) is 1.00. The molecule has 0 aromatic carbocycles. The Hall–Kier alpha value is -0.120. The van der Waals surface area contributed by atoms with Crippen molar-refractivity contribution in [3.05, 3.63) is 0 Å². The van der Waals surface area contributed by atoms with Crippen molar-refractivity contribution in [2.75, 3.05) is 13.2 Å². The third-order valence-electron chi connectivity index (χ3n) is 3.87. The molecule has 16 heavy (non-hydrogen) atoms. The number of hydrogen-bond donors (Lipinski definition) is 2. The van der Waals surface area contributed by atoms with E-state index in [9.17, 15) is 5.11 Å². The molecule has 1 saturated heterocycles. The van der Waals surface area contributed by atoms with Gasteiger partial charge in [-0.15, -0.1) is 0 Å². The Kier molecular flexibility index (Phi) is 4.77. The second kappa shape index (κ2) is 5.48. The van der Waals surface area contributed by atoms with Crippen LogP contribution in [0.4, 0.5) is 0 Å². The maximum atomic E-state index is 10.5. The lowest BCUT2D eigenvalue weighted by Crippen LogP contribution is -2.49. The van der Waals surface area contributed by atoms with Gasteiger partial charge in [0.2, 0.25) is 0 Å². The second-order valence-electron chi connectivity index (χ2n) is 6.01. The molecule has 96 valence electrons. The lowest BCUT2D eigenvalue weighted by molar-refractivity contribution is -0.0597. The van der Waals surface area contributed by atoms with Gasteiger partial charge in [-0.05, 0) is 37.5 Å². The Labute approximate surface area is 99.4 Å². The average Bonchev–Trinajstić information content (AvgIpc) is 2.68. The Bertz CT molecular complexity index is 206. The summed E-state index contributed by atoms with van der Waals surface area (Å²) >= 11 is 0. The lowest BCUT2D eigenvalue weighted by Gasteiger charge is -2.39. The summed E-state index contributed by atoms with van der Waals surface area (Å²) in [4.78, 5) is 0. The first-order valence-corrected chi connectivity index (χ1v) is 6.43. The molecule has 1 aliphatic rings. The van der Waals surface area contributed by atoms with Crippen molar-refractivity contribution in [3.63, 3.8) is 0 Å². The van der Waals surface area contributed by atoms with Gasteiger partial charge in [0.25, 0.3) is 0 Å². The summed E-state index contributed by atoms with van der Waals surface area (Å²) in [5, 5.41) is 10.5. The SMILES string of the molecule is CC(C)(C)C(O)(CN)CCCC1CCCO1. The van der Waals surface area contributed by atoms with Crippen molar-refractivity contribution < 1.29 is 9.84 Å². The summed E-state index contributed by atoms with van der Waals surface area (Å²) in [5.41, 5.74) is 4.81. The van der Waals surface area contributed by atoms with Crippen LogP contribution in [0.15, 0.2) is 0 Å². The van der Waals surface area contributed by atoms with Gasteiger partial charge in [-0.3, -0.25) is 0 Å². The zero-order valence-electron chi connectivity index (χ0n) is 11.0. The molecule has 1 rings (SSSR count). The normalized spacial score (nSPS) is 25.7. The molecule has 0 bridgehead atoms. The first kappa shape index (κ1) is 13.9. The average molecular weight is 229 g/mol. The maximum Gasteiger partial charge on any atom is 0.0817 e. The molecule has 2 unspecified atom stereocenters. The van der Waals surface area contributed by atoms with Crippen molar-refractivity contribution in [3.8, 4) is 0 Å². The summed E-state index contributed by atoms with van der Waals surface area (Å²) in [6, 6.07) is 0. The maximum absolute atomic E-state index is 10.5. The van der Waals surface area contributed by atoms with Crippen LogP contribution < -0.4 is 5.73 Å². The molecule has 0 aromatic heterocycles. The van der Waals surface area contributed by atoms with Crippen molar-refractivity contribution >= 4 is 0 Å². The highest BCUT2D eigenvalue weighted by atomic mass is 16.5. The van der Waals surface area contributed by atoms with E-state index in [1.807, 2.05) is 20.8 Å². The van der Waals surface area contributed by atoms with Crippen LogP contribution in [-0.4, -0.2) is 30.0 Å². The quantitative estimate of drug-likeness (QED) is 0.759.